The van der Waals surface area contributed by atoms with Crippen molar-refractivity contribution in [1.29, 1.82) is 0 Å². The average Bonchev–Trinajstić information content (AvgIpc) is 3.05. The molecule has 1 aromatic carbocycles. The van der Waals surface area contributed by atoms with Crippen LogP contribution in [0.5, 0.6) is 0 Å². The second-order valence-electron chi connectivity index (χ2n) is 7.57. The van der Waals surface area contributed by atoms with Crippen LogP contribution in [-0.2, 0) is 11.3 Å². The van der Waals surface area contributed by atoms with Crippen LogP contribution < -0.4 is 10.6 Å². The number of hydrogen-bond donors (Lipinski definition) is 2. The van der Waals surface area contributed by atoms with E-state index >= 15 is 0 Å². The lowest BCUT2D eigenvalue weighted by molar-refractivity contribution is -0.384. The van der Waals surface area contributed by atoms with Crippen LogP contribution in [-0.4, -0.2) is 51.1 Å². The van der Waals surface area contributed by atoms with E-state index in [0.29, 0.717) is 25.3 Å². The van der Waals surface area contributed by atoms with Gasteiger partial charge in [0, 0.05) is 36.5 Å². The van der Waals surface area contributed by atoms with Crippen LogP contribution in [0.15, 0.2) is 30.3 Å². The first-order valence-electron chi connectivity index (χ1n) is 10.0. The summed E-state index contributed by atoms with van der Waals surface area (Å²) in [4.78, 5) is 35.7. The SMILES string of the molecule is CSCCC(NC(=O)c1cccc([N+](=O)[O-])c1)C(=O)NCC(C)Cn1nc(C)cc1C. The Balaban J connectivity index is 1.97. The van der Waals surface area contributed by atoms with Crippen LogP contribution in [0.2, 0.25) is 0 Å². The number of rotatable bonds is 11. The van der Waals surface area contributed by atoms with Crippen molar-refractivity contribution in [2.75, 3.05) is 18.6 Å². The molecule has 2 N–H and O–H groups in total. The van der Waals surface area contributed by atoms with Crippen LogP contribution >= 0.6 is 11.8 Å². The second-order valence-corrected chi connectivity index (χ2v) is 8.56. The zero-order valence-corrected chi connectivity index (χ0v) is 19.1. The largest absolute Gasteiger partial charge is 0.354 e. The lowest BCUT2D eigenvalue weighted by Gasteiger charge is -2.20. The molecule has 31 heavy (non-hydrogen) atoms. The lowest BCUT2D eigenvalue weighted by atomic mass is 10.1. The van der Waals surface area contributed by atoms with Crippen molar-refractivity contribution in [1.82, 2.24) is 20.4 Å². The number of nitrogens with one attached hydrogen (secondary N) is 2. The van der Waals surface area contributed by atoms with Gasteiger partial charge in [-0.2, -0.15) is 16.9 Å². The molecule has 168 valence electrons. The van der Waals surface area contributed by atoms with Crippen LogP contribution in [0.25, 0.3) is 0 Å². The minimum absolute atomic E-state index is 0.147. The fourth-order valence-corrected chi connectivity index (χ4v) is 3.60. The van der Waals surface area contributed by atoms with Gasteiger partial charge >= 0.3 is 0 Å². The van der Waals surface area contributed by atoms with Crippen LogP contribution in [0.1, 0.15) is 35.1 Å². The van der Waals surface area contributed by atoms with Gasteiger partial charge in [-0.3, -0.25) is 24.4 Å². The Hall–Kier alpha value is -2.88. The van der Waals surface area contributed by atoms with E-state index in [2.05, 4.69) is 15.7 Å². The number of nitrogens with zero attached hydrogens (tertiary/aromatic N) is 3. The zero-order valence-electron chi connectivity index (χ0n) is 18.3. The number of carbonyl (C=O) groups excluding carboxylic acids is 2. The monoisotopic (exact) mass is 447 g/mol. The molecule has 10 heteroatoms. The predicted molar refractivity (Wildman–Crippen MR) is 121 cm³/mol. The van der Waals surface area contributed by atoms with Gasteiger partial charge in [0.25, 0.3) is 11.6 Å². The van der Waals surface area contributed by atoms with Crippen molar-refractivity contribution in [2.24, 2.45) is 5.92 Å². The van der Waals surface area contributed by atoms with Gasteiger partial charge in [0.1, 0.15) is 6.04 Å². The van der Waals surface area contributed by atoms with Gasteiger partial charge in [0.05, 0.1) is 10.6 Å². The molecule has 2 rings (SSSR count). The number of amides is 2. The van der Waals surface area contributed by atoms with E-state index in [0.717, 1.165) is 11.4 Å². The summed E-state index contributed by atoms with van der Waals surface area (Å²) >= 11 is 1.57. The van der Waals surface area contributed by atoms with Gasteiger partial charge < -0.3 is 10.6 Å². The molecule has 0 aliphatic heterocycles. The van der Waals surface area contributed by atoms with Crippen molar-refractivity contribution >= 4 is 29.3 Å². The summed E-state index contributed by atoms with van der Waals surface area (Å²) in [7, 11) is 0. The molecule has 0 saturated carbocycles. The Morgan fingerprint density at radius 1 is 1.29 bits per heavy atom. The number of benzene rings is 1. The normalized spacial score (nSPS) is 12.8. The van der Waals surface area contributed by atoms with Gasteiger partial charge in [-0.1, -0.05) is 13.0 Å². The molecule has 2 amide bonds. The molecular formula is C21H29N5O4S. The predicted octanol–water partition coefficient (Wildman–Crippen LogP) is 2.71. The van der Waals surface area contributed by atoms with E-state index < -0.39 is 16.9 Å². The van der Waals surface area contributed by atoms with E-state index in [1.807, 2.05) is 37.8 Å². The molecule has 0 saturated heterocycles. The van der Waals surface area contributed by atoms with Gasteiger partial charge in [-0.25, -0.2) is 0 Å². The quantitative estimate of drug-likeness (QED) is 0.404. The molecule has 2 atom stereocenters. The summed E-state index contributed by atoms with van der Waals surface area (Å²) in [6.07, 6.45) is 2.38. The van der Waals surface area contributed by atoms with Crippen molar-refractivity contribution in [3.8, 4) is 0 Å². The number of aromatic nitrogens is 2. The summed E-state index contributed by atoms with van der Waals surface area (Å²) < 4.78 is 1.92. The van der Waals surface area contributed by atoms with Crippen molar-refractivity contribution in [2.45, 2.75) is 39.8 Å². The Labute approximate surface area is 186 Å². The zero-order chi connectivity index (χ0) is 23.0. The highest BCUT2D eigenvalue weighted by molar-refractivity contribution is 7.98. The minimum atomic E-state index is -0.722. The minimum Gasteiger partial charge on any atom is -0.354 e. The lowest BCUT2D eigenvalue weighted by Crippen LogP contribution is -2.48. The number of nitro benzene ring substituents is 1. The highest BCUT2D eigenvalue weighted by Gasteiger charge is 2.22. The molecule has 0 aliphatic carbocycles. The van der Waals surface area contributed by atoms with Crippen molar-refractivity contribution in [3.63, 3.8) is 0 Å². The first-order valence-corrected chi connectivity index (χ1v) is 11.4. The van der Waals surface area contributed by atoms with E-state index in [1.165, 1.54) is 24.3 Å². The third-order valence-corrected chi connectivity index (χ3v) is 5.41. The first-order chi connectivity index (χ1) is 14.7. The molecule has 0 spiro atoms. The molecule has 0 aliphatic rings. The van der Waals surface area contributed by atoms with Crippen LogP contribution in [0, 0.1) is 29.9 Å². The van der Waals surface area contributed by atoms with Gasteiger partial charge in [-0.05, 0) is 50.3 Å². The van der Waals surface area contributed by atoms with Gasteiger partial charge in [0.2, 0.25) is 5.91 Å². The summed E-state index contributed by atoms with van der Waals surface area (Å²) in [5, 5.41) is 21.0. The van der Waals surface area contributed by atoms with Gasteiger partial charge in [-0.15, -0.1) is 0 Å². The highest BCUT2D eigenvalue weighted by Crippen LogP contribution is 2.14. The molecular weight excluding hydrogens is 418 g/mol. The number of aryl methyl sites for hydroxylation is 2. The topological polar surface area (TPSA) is 119 Å². The fourth-order valence-electron chi connectivity index (χ4n) is 3.12. The molecule has 0 fully saturated rings. The number of thioether (sulfide) groups is 1. The van der Waals surface area contributed by atoms with E-state index in [1.54, 1.807) is 11.8 Å². The average molecular weight is 448 g/mol. The molecule has 1 heterocycles. The first kappa shape index (κ1) is 24.4. The van der Waals surface area contributed by atoms with E-state index in [9.17, 15) is 19.7 Å². The fraction of sp³-hybridized carbons (Fsp3) is 0.476. The van der Waals surface area contributed by atoms with Gasteiger partial charge in [0.15, 0.2) is 0 Å². The molecule has 9 nitrogen and oxygen atoms in total. The van der Waals surface area contributed by atoms with Crippen molar-refractivity contribution in [3.05, 3.63) is 57.4 Å². The Morgan fingerprint density at radius 2 is 2.03 bits per heavy atom. The molecule has 2 aromatic rings. The summed E-state index contributed by atoms with van der Waals surface area (Å²) in [6.45, 7) is 7.08. The highest BCUT2D eigenvalue weighted by atomic mass is 32.2. The number of carbonyl (C=O) groups is 2. The number of nitro groups is 1. The van der Waals surface area contributed by atoms with Crippen LogP contribution in [0.4, 0.5) is 5.69 Å². The third-order valence-electron chi connectivity index (χ3n) is 4.76. The summed E-state index contributed by atoms with van der Waals surface area (Å²) in [6, 6.07) is 6.74. The molecule has 0 radical (unpaired) electrons. The van der Waals surface area contributed by atoms with E-state index in [-0.39, 0.29) is 23.1 Å². The number of hydrogen-bond acceptors (Lipinski definition) is 6. The molecule has 1 aromatic heterocycles. The maximum Gasteiger partial charge on any atom is 0.270 e. The second kappa shape index (κ2) is 11.5. The Kier molecular flexibility index (Phi) is 9.04. The maximum atomic E-state index is 12.8. The standard InChI is InChI=1S/C21H29N5O4S/c1-14(13-25-16(3)10-15(2)24-25)12-22-21(28)19(8-9-31-4)23-20(27)17-6-5-7-18(11-17)26(29)30/h5-7,10-11,14,19H,8-9,12-13H2,1-4H3,(H,22,28)(H,23,27). The smallest absolute Gasteiger partial charge is 0.270 e. The van der Waals surface area contributed by atoms with E-state index in [4.69, 9.17) is 0 Å². The maximum absolute atomic E-state index is 12.8. The van der Waals surface area contributed by atoms with Crippen molar-refractivity contribution < 1.29 is 14.5 Å². The summed E-state index contributed by atoms with van der Waals surface area (Å²) in [5.41, 5.74) is 2.00. The molecule has 0 bridgehead atoms. The Morgan fingerprint density at radius 3 is 2.65 bits per heavy atom. The molecule has 2 unspecified atom stereocenters. The third kappa shape index (κ3) is 7.39. The summed E-state index contributed by atoms with van der Waals surface area (Å²) in [5.74, 6) is 0.0542. The number of non-ortho nitro benzene ring substituents is 1. The Bertz CT molecular complexity index is 930. The van der Waals surface area contributed by atoms with Crippen LogP contribution in [0.3, 0.4) is 0 Å².